The summed E-state index contributed by atoms with van der Waals surface area (Å²) in [6, 6.07) is 13.4. The molecule has 5 rings (SSSR count). The Hall–Kier alpha value is -2.15. The van der Waals surface area contributed by atoms with Gasteiger partial charge in [0.15, 0.2) is 0 Å². The average Bonchev–Trinajstić information content (AvgIpc) is 2.96. The van der Waals surface area contributed by atoms with Gasteiger partial charge in [-0.3, -0.25) is 4.79 Å². The molecule has 150 valence electrons. The van der Waals surface area contributed by atoms with E-state index >= 15 is 0 Å². The number of carbonyl (C=O) groups is 1. The molecule has 4 atom stereocenters. The quantitative estimate of drug-likeness (QED) is 0.699. The van der Waals surface area contributed by atoms with Crippen LogP contribution in [0.2, 0.25) is 0 Å². The van der Waals surface area contributed by atoms with Crippen LogP contribution in [-0.2, 0) is 16.7 Å². The van der Waals surface area contributed by atoms with Gasteiger partial charge in [0, 0.05) is 42.1 Å². The van der Waals surface area contributed by atoms with Crippen molar-refractivity contribution in [3.63, 3.8) is 0 Å². The molecular formula is C23H22BrNO4. The normalized spacial score (nSPS) is 29.6. The highest BCUT2D eigenvalue weighted by Crippen LogP contribution is 2.53. The van der Waals surface area contributed by atoms with Crippen LogP contribution >= 0.6 is 15.9 Å². The standard InChI is InChI=1S/C23H22BrNO4/c1-28-20-12-23-10-9-17(26)11-19(23)29-18-4-2-3-15(21(18)23)13-25(20)22(27)14-5-7-16(24)8-6-14/h2-10,17,19-20,26H,11-13H2,1H3/t17-,19-,20?,23-/m0/s1. The minimum atomic E-state index is -0.520. The number of methoxy groups -OCH3 is 1. The van der Waals surface area contributed by atoms with Crippen LogP contribution in [0.5, 0.6) is 5.75 Å². The third-order valence-corrected chi connectivity index (χ3v) is 6.85. The van der Waals surface area contributed by atoms with E-state index in [0.717, 1.165) is 21.3 Å². The molecule has 1 N–H and O–H groups in total. The molecule has 2 aliphatic heterocycles. The van der Waals surface area contributed by atoms with E-state index in [1.807, 2.05) is 47.4 Å². The Balaban J connectivity index is 1.61. The highest BCUT2D eigenvalue weighted by molar-refractivity contribution is 9.10. The minimum Gasteiger partial charge on any atom is -0.489 e. The van der Waals surface area contributed by atoms with E-state index in [2.05, 4.69) is 28.1 Å². The Bertz CT molecular complexity index is 989. The van der Waals surface area contributed by atoms with Gasteiger partial charge in [-0.05, 0) is 35.9 Å². The van der Waals surface area contributed by atoms with E-state index in [9.17, 15) is 9.90 Å². The Morgan fingerprint density at radius 2 is 2.07 bits per heavy atom. The molecule has 0 fully saturated rings. The number of halogens is 1. The number of nitrogens with zero attached hydrogens (tertiary/aromatic N) is 1. The maximum Gasteiger partial charge on any atom is 0.256 e. The third-order valence-electron chi connectivity index (χ3n) is 6.32. The van der Waals surface area contributed by atoms with E-state index in [4.69, 9.17) is 9.47 Å². The Labute approximate surface area is 178 Å². The molecule has 0 saturated heterocycles. The van der Waals surface area contributed by atoms with Crippen molar-refractivity contribution in [1.82, 2.24) is 4.90 Å². The van der Waals surface area contributed by atoms with Crippen molar-refractivity contribution in [2.45, 2.75) is 43.2 Å². The van der Waals surface area contributed by atoms with Gasteiger partial charge in [0.1, 0.15) is 18.1 Å². The Morgan fingerprint density at radius 1 is 1.28 bits per heavy atom. The molecular weight excluding hydrogens is 434 g/mol. The molecule has 5 nitrogen and oxygen atoms in total. The van der Waals surface area contributed by atoms with Crippen molar-refractivity contribution in [3.8, 4) is 5.75 Å². The van der Waals surface area contributed by atoms with E-state index in [1.54, 1.807) is 7.11 Å². The van der Waals surface area contributed by atoms with Gasteiger partial charge < -0.3 is 19.5 Å². The molecule has 6 heteroatoms. The molecule has 1 unspecified atom stereocenters. The van der Waals surface area contributed by atoms with Gasteiger partial charge in [0.05, 0.1) is 11.5 Å². The molecule has 2 heterocycles. The molecule has 29 heavy (non-hydrogen) atoms. The molecule has 2 aromatic carbocycles. The summed E-state index contributed by atoms with van der Waals surface area (Å²) in [6.07, 6.45) is 3.94. The van der Waals surface area contributed by atoms with Crippen LogP contribution in [0.3, 0.4) is 0 Å². The lowest BCUT2D eigenvalue weighted by molar-refractivity contribution is -0.0433. The van der Waals surface area contributed by atoms with Crippen LogP contribution in [0.15, 0.2) is 59.1 Å². The lowest BCUT2D eigenvalue weighted by Crippen LogP contribution is -2.47. The Kier molecular flexibility index (Phi) is 4.53. The molecule has 0 aromatic heterocycles. The van der Waals surface area contributed by atoms with Crippen molar-refractivity contribution >= 4 is 21.8 Å². The van der Waals surface area contributed by atoms with Gasteiger partial charge in [-0.2, -0.15) is 0 Å². The van der Waals surface area contributed by atoms with Crippen LogP contribution in [0, 0.1) is 0 Å². The number of hydrogen-bond acceptors (Lipinski definition) is 4. The molecule has 2 aromatic rings. The number of aliphatic hydroxyl groups is 1. The molecule has 1 amide bonds. The van der Waals surface area contributed by atoms with Crippen LogP contribution in [-0.4, -0.2) is 41.5 Å². The van der Waals surface area contributed by atoms with Crippen LogP contribution in [0.1, 0.15) is 34.3 Å². The third kappa shape index (κ3) is 2.93. The molecule has 3 aliphatic rings. The summed E-state index contributed by atoms with van der Waals surface area (Å²) >= 11 is 3.42. The average molecular weight is 456 g/mol. The van der Waals surface area contributed by atoms with Gasteiger partial charge in [-0.1, -0.05) is 40.2 Å². The Morgan fingerprint density at radius 3 is 2.83 bits per heavy atom. The first-order chi connectivity index (χ1) is 14.0. The monoisotopic (exact) mass is 455 g/mol. The SMILES string of the molecule is COC1C[C@@]23C=C[C@H](O)C[C@@H]2Oc2cccc(c23)CN1C(=O)c1ccc(Br)cc1. The summed E-state index contributed by atoms with van der Waals surface area (Å²) < 4.78 is 13.0. The van der Waals surface area contributed by atoms with Crippen LogP contribution < -0.4 is 4.74 Å². The van der Waals surface area contributed by atoms with E-state index < -0.39 is 17.7 Å². The summed E-state index contributed by atoms with van der Waals surface area (Å²) in [5.74, 6) is 0.787. The van der Waals surface area contributed by atoms with Crippen molar-refractivity contribution in [2.75, 3.05) is 7.11 Å². The van der Waals surface area contributed by atoms with Gasteiger partial charge in [-0.25, -0.2) is 0 Å². The van der Waals surface area contributed by atoms with Crippen molar-refractivity contribution < 1.29 is 19.4 Å². The van der Waals surface area contributed by atoms with Gasteiger partial charge in [-0.15, -0.1) is 0 Å². The van der Waals surface area contributed by atoms with Gasteiger partial charge in [0.2, 0.25) is 0 Å². The lowest BCUT2D eigenvalue weighted by Gasteiger charge is -2.38. The largest absolute Gasteiger partial charge is 0.489 e. The van der Waals surface area contributed by atoms with Gasteiger partial charge >= 0.3 is 0 Å². The number of ether oxygens (including phenoxy) is 2. The number of amides is 1. The van der Waals surface area contributed by atoms with E-state index in [0.29, 0.717) is 24.9 Å². The molecule has 0 bridgehead atoms. The zero-order valence-electron chi connectivity index (χ0n) is 16.0. The first kappa shape index (κ1) is 18.9. The highest BCUT2D eigenvalue weighted by atomic mass is 79.9. The van der Waals surface area contributed by atoms with Crippen LogP contribution in [0.25, 0.3) is 0 Å². The second kappa shape index (κ2) is 6.97. The predicted molar refractivity (Wildman–Crippen MR) is 112 cm³/mol. The van der Waals surface area contributed by atoms with Crippen molar-refractivity contribution in [1.29, 1.82) is 0 Å². The summed E-state index contributed by atoms with van der Waals surface area (Å²) in [4.78, 5) is 15.2. The summed E-state index contributed by atoms with van der Waals surface area (Å²) in [7, 11) is 1.65. The number of hydrogen-bond donors (Lipinski definition) is 1. The summed E-state index contributed by atoms with van der Waals surface area (Å²) in [6.45, 7) is 0.449. The smallest absolute Gasteiger partial charge is 0.256 e. The highest BCUT2D eigenvalue weighted by Gasteiger charge is 2.54. The lowest BCUT2D eigenvalue weighted by atomic mass is 9.69. The number of rotatable bonds is 2. The fraction of sp³-hybridized carbons (Fsp3) is 0.348. The van der Waals surface area contributed by atoms with E-state index in [1.165, 1.54) is 0 Å². The molecule has 1 aliphatic carbocycles. The van der Waals surface area contributed by atoms with Crippen molar-refractivity contribution in [2.24, 2.45) is 0 Å². The molecule has 1 spiro atoms. The molecule has 0 saturated carbocycles. The fourth-order valence-electron chi connectivity index (χ4n) is 4.94. The number of carbonyl (C=O) groups excluding carboxylic acids is 1. The number of aliphatic hydroxyl groups excluding tert-OH is 1. The second-order valence-corrected chi connectivity index (χ2v) is 8.85. The fourth-order valence-corrected chi connectivity index (χ4v) is 5.21. The van der Waals surface area contributed by atoms with Crippen LogP contribution in [0.4, 0.5) is 0 Å². The second-order valence-electron chi connectivity index (χ2n) is 7.93. The van der Waals surface area contributed by atoms with Gasteiger partial charge in [0.25, 0.3) is 5.91 Å². The topological polar surface area (TPSA) is 59.0 Å². The minimum absolute atomic E-state index is 0.0596. The first-order valence-electron chi connectivity index (χ1n) is 9.77. The van der Waals surface area contributed by atoms with E-state index in [-0.39, 0.29) is 12.0 Å². The first-order valence-corrected chi connectivity index (χ1v) is 10.6. The zero-order chi connectivity index (χ0) is 20.2. The predicted octanol–water partition coefficient (Wildman–Crippen LogP) is 3.79. The summed E-state index contributed by atoms with van der Waals surface area (Å²) in [5, 5.41) is 10.2. The zero-order valence-corrected chi connectivity index (χ0v) is 17.6. The maximum absolute atomic E-state index is 13.4. The number of benzene rings is 2. The summed E-state index contributed by atoms with van der Waals surface area (Å²) in [5.41, 5.74) is 2.42. The molecule has 0 radical (unpaired) electrons. The maximum atomic E-state index is 13.4. The van der Waals surface area contributed by atoms with Crippen molar-refractivity contribution in [3.05, 3.63) is 75.8 Å².